The van der Waals surface area contributed by atoms with Crippen molar-refractivity contribution in [3.63, 3.8) is 0 Å². The highest BCUT2D eigenvalue weighted by Crippen LogP contribution is 2.45. The number of carbonyl (C=O) groups is 1. The van der Waals surface area contributed by atoms with Gasteiger partial charge < -0.3 is 10.4 Å². The van der Waals surface area contributed by atoms with Crippen molar-refractivity contribution in [1.29, 1.82) is 0 Å². The van der Waals surface area contributed by atoms with E-state index in [1.54, 1.807) is 6.07 Å². The van der Waals surface area contributed by atoms with Crippen molar-refractivity contribution in [3.8, 4) is 5.75 Å². The zero-order valence-electron chi connectivity index (χ0n) is 13.4. The van der Waals surface area contributed by atoms with Crippen molar-refractivity contribution >= 4 is 17.5 Å². The van der Waals surface area contributed by atoms with Crippen LogP contribution >= 0.6 is 11.6 Å². The predicted octanol–water partition coefficient (Wildman–Crippen LogP) is 4.27. The number of hydrogen-bond acceptors (Lipinski definition) is 2. The van der Waals surface area contributed by atoms with Gasteiger partial charge in [0.1, 0.15) is 5.75 Å². The molecule has 24 heavy (non-hydrogen) atoms. The van der Waals surface area contributed by atoms with Crippen LogP contribution in [0.2, 0.25) is 5.02 Å². The molecule has 2 aromatic rings. The van der Waals surface area contributed by atoms with Crippen molar-refractivity contribution in [1.82, 2.24) is 5.32 Å². The SMILES string of the molecule is O=C(NC1CCc2c(O)cccc21)C1(c2cccc(Cl)c2)CCC1. The maximum Gasteiger partial charge on any atom is 0.231 e. The predicted molar refractivity (Wildman–Crippen MR) is 94.3 cm³/mol. The van der Waals surface area contributed by atoms with Gasteiger partial charge >= 0.3 is 0 Å². The Hall–Kier alpha value is -2.00. The van der Waals surface area contributed by atoms with Crippen LogP contribution in [0.25, 0.3) is 0 Å². The lowest BCUT2D eigenvalue weighted by molar-refractivity contribution is -0.130. The quantitative estimate of drug-likeness (QED) is 0.875. The summed E-state index contributed by atoms with van der Waals surface area (Å²) in [5.74, 6) is 0.412. The highest BCUT2D eigenvalue weighted by Gasteiger charge is 2.46. The molecule has 4 heteroatoms. The van der Waals surface area contributed by atoms with E-state index in [0.717, 1.165) is 48.8 Å². The van der Waals surface area contributed by atoms with E-state index in [1.165, 1.54) is 0 Å². The summed E-state index contributed by atoms with van der Waals surface area (Å²) in [7, 11) is 0. The van der Waals surface area contributed by atoms with Crippen LogP contribution in [0.15, 0.2) is 42.5 Å². The Morgan fingerprint density at radius 1 is 1.21 bits per heavy atom. The molecule has 2 aliphatic rings. The minimum atomic E-state index is -0.454. The van der Waals surface area contributed by atoms with E-state index < -0.39 is 5.41 Å². The molecule has 1 amide bonds. The molecule has 0 aliphatic heterocycles. The van der Waals surface area contributed by atoms with E-state index >= 15 is 0 Å². The molecule has 0 aromatic heterocycles. The molecule has 0 heterocycles. The Bertz CT molecular complexity index is 798. The van der Waals surface area contributed by atoms with Gasteiger partial charge in [-0.1, -0.05) is 42.3 Å². The third kappa shape index (κ3) is 2.39. The van der Waals surface area contributed by atoms with Gasteiger partial charge in [0.2, 0.25) is 5.91 Å². The van der Waals surface area contributed by atoms with Crippen LogP contribution in [-0.2, 0) is 16.6 Å². The summed E-state index contributed by atoms with van der Waals surface area (Å²) in [5, 5.41) is 13.9. The second-order valence-corrected chi connectivity index (χ2v) is 7.29. The van der Waals surface area contributed by atoms with Crippen molar-refractivity contribution in [2.24, 2.45) is 0 Å². The molecular weight excluding hydrogens is 322 g/mol. The summed E-state index contributed by atoms with van der Waals surface area (Å²) < 4.78 is 0. The maximum absolute atomic E-state index is 13.1. The molecule has 3 nitrogen and oxygen atoms in total. The van der Waals surface area contributed by atoms with Gasteiger partial charge in [0.15, 0.2) is 0 Å². The lowest BCUT2D eigenvalue weighted by Gasteiger charge is -2.41. The molecule has 0 bridgehead atoms. The van der Waals surface area contributed by atoms with Crippen molar-refractivity contribution in [2.75, 3.05) is 0 Å². The first-order valence-electron chi connectivity index (χ1n) is 8.48. The molecule has 1 fully saturated rings. The number of amides is 1. The first-order valence-corrected chi connectivity index (χ1v) is 8.86. The molecule has 0 saturated heterocycles. The molecule has 2 aromatic carbocycles. The van der Waals surface area contributed by atoms with Gasteiger partial charge in [0.25, 0.3) is 0 Å². The van der Waals surface area contributed by atoms with Crippen LogP contribution in [0, 0.1) is 0 Å². The van der Waals surface area contributed by atoms with Crippen LogP contribution in [0.3, 0.4) is 0 Å². The number of phenols is 1. The van der Waals surface area contributed by atoms with Gasteiger partial charge in [-0.15, -0.1) is 0 Å². The number of benzene rings is 2. The van der Waals surface area contributed by atoms with Crippen LogP contribution < -0.4 is 5.32 Å². The minimum Gasteiger partial charge on any atom is -0.508 e. The maximum atomic E-state index is 13.1. The van der Waals surface area contributed by atoms with Gasteiger partial charge in [0.05, 0.1) is 11.5 Å². The normalized spacial score (nSPS) is 21.0. The number of rotatable bonds is 3. The van der Waals surface area contributed by atoms with E-state index in [2.05, 4.69) is 5.32 Å². The Morgan fingerprint density at radius 2 is 2.00 bits per heavy atom. The second kappa shape index (κ2) is 5.82. The molecule has 124 valence electrons. The standard InChI is InChI=1S/C20H20ClNO2/c21-14-5-1-4-13(12-14)20(10-3-11-20)19(24)22-17-9-8-16-15(17)6-2-7-18(16)23/h1-2,4-7,12,17,23H,3,8-11H2,(H,22,24). The number of halogens is 1. The summed E-state index contributed by atoms with van der Waals surface area (Å²) in [6, 6.07) is 13.2. The summed E-state index contributed by atoms with van der Waals surface area (Å²) in [6.45, 7) is 0. The highest BCUT2D eigenvalue weighted by molar-refractivity contribution is 6.30. The zero-order chi connectivity index (χ0) is 16.7. The molecular formula is C20H20ClNO2. The number of fused-ring (bicyclic) bond motifs is 1. The van der Waals surface area contributed by atoms with Crippen LogP contribution in [0.1, 0.15) is 48.4 Å². The zero-order valence-corrected chi connectivity index (χ0v) is 14.1. The van der Waals surface area contributed by atoms with Crippen LogP contribution in [0.5, 0.6) is 5.75 Å². The fraction of sp³-hybridized carbons (Fsp3) is 0.350. The van der Waals surface area contributed by atoms with E-state index in [0.29, 0.717) is 10.8 Å². The number of hydrogen-bond donors (Lipinski definition) is 2. The fourth-order valence-electron chi connectivity index (χ4n) is 4.04. The van der Waals surface area contributed by atoms with E-state index in [9.17, 15) is 9.90 Å². The summed E-state index contributed by atoms with van der Waals surface area (Å²) >= 11 is 6.13. The minimum absolute atomic E-state index is 0.0174. The first kappa shape index (κ1) is 15.5. The average molecular weight is 342 g/mol. The summed E-state index contributed by atoms with van der Waals surface area (Å²) in [4.78, 5) is 13.1. The third-order valence-electron chi connectivity index (χ3n) is 5.57. The lowest BCUT2D eigenvalue weighted by Crippen LogP contribution is -2.49. The Kier molecular flexibility index (Phi) is 3.76. The number of aromatic hydroxyl groups is 1. The van der Waals surface area contributed by atoms with Gasteiger partial charge in [-0.05, 0) is 60.6 Å². The number of carbonyl (C=O) groups excluding carboxylic acids is 1. The summed E-state index contributed by atoms with van der Waals surface area (Å²) in [5.41, 5.74) is 2.56. The largest absolute Gasteiger partial charge is 0.508 e. The van der Waals surface area contributed by atoms with Crippen molar-refractivity contribution in [3.05, 3.63) is 64.2 Å². The van der Waals surface area contributed by atoms with Gasteiger partial charge in [-0.3, -0.25) is 4.79 Å². The fourth-order valence-corrected chi connectivity index (χ4v) is 4.23. The van der Waals surface area contributed by atoms with Crippen LogP contribution in [-0.4, -0.2) is 11.0 Å². The van der Waals surface area contributed by atoms with Gasteiger partial charge in [0, 0.05) is 5.02 Å². The topological polar surface area (TPSA) is 49.3 Å². The Labute approximate surface area is 146 Å². The molecule has 4 rings (SSSR count). The Balaban J connectivity index is 1.60. The molecule has 0 spiro atoms. The van der Waals surface area contributed by atoms with E-state index in [4.69, 9.17) is 11.6 Å². The average Bonchev–Trinajstić information content (AvgIpc) is 2.91. The number of nitrogens with one attached hydrogen (secondary N) is 1. The van der Waals surface area contributed by atoms with E-state index in [-0.39, 0.29) is 11.9 Å². The van der Waals surface area contributed by atoms with E-state index in [1.807, 2.05) is 36.4 Å². The lowest BCUT2D eigenvalue weighted by atomic mass is 9.63. The summed E-state index contributed by atoms with van der Waals surface area (Å²) in [6.07, 6.45) is 4.42. The van der Waals surface area contributed by atoms with Crippen molar-refractivity contribution in [2.45, 2.75) is 43.6 Å². The molecule has 0 radical (unpaired) electrons. The molecule has 1 atom stereocenters. The molecule has 1 saturated carbocycles. The number of phenolic OH excluding ortho intramolecular Hbond substituents is 1. The molecule has 2 aliphatic carbocycles. The molecule has 1 unspecified atom stereocenters. The third-order valence-corrected chi connectivity index (χ3v) is 5.81. The second-order valence-electron chi connectivity index (χ2n) is 6.86. The smallest absolute Gasteiger partial charge is 0.231 e. The monoisotopic (exact) mass is 341 g/mol. The van der Waals surface area contributed by atoms with Gasteiger partial charge in [-0.2, -0.15) is 0 Å². The highest BCUT2D eigenvalue weighted by atomic mass is 35.5. The van der Waals surface area contributed by atoms with Crippen LogP contribution in [0.4, 0.5) is 0 Å². The molecule has 2 N–H and O–H groups in total. The van der Waals surface area contributed by atoms with Gasteiger partial charge in [-0.25, -0.2) is 0 Å². The van der Waals surface area contributed by atoms with Crippen molar-refractivity contribution < 1.29 is 9.90 Å². The Morgan fingerprint density at radius 3 is 2.71 bits per heavy atom. The first-order chi connectivity index (χ1) is 11.6.